The number of nitrogens with one attached hydrogen (secondary N) is 1. The van der Waals surface area contributed by atoms with Gasteiger partial charge in [0.15, 0.2) is 0 Å². The molecule has 0 fully saturated rings. The molecule has 1 unspecified atom stereocenters. The predicted octanol–water partition coefficient (Wildman–Crippen LogP) is 4.36. The van der Waals surface area contributed by atoms with Crippen LogP contribution in [0.3, 0.4) is 0 Å². The maximum atomic E-state index is 13.7. The van der Waals surface area contributed by atoms with E-state index in [4.69, 9.17) is 27.9 Å². The van der Waals surface area contributed by atoms with Crippen LogP contribution < -0.4 is 14.4 Å². The zero-order valence-corrected chi connectivity index (χ0v) is 22.8. The molecule has 0 saturated heterocycles. The summed E-state index contributed by atoms with van der Waals surface area (Å²) in [7, 11) is -1.23. The SMILES string of the molecule is CNC(=O)C(C)N(Cc1ccc(Cl)cc1)C(=O)CN(c1ccc(Cl)cc1)S(=O)(=O)c1ccc(OC)cc1. The van der Waals surface area contributed by atoms with Gasteiger partial charge in [-0.3, -0.25) is 13.9 Å². The van der Waals surface area contributed by atoms with Gasteiger partial charge in [0.2, 0.25) is 11.8 Å². The summed E-state index contributed by atoms with van der Waals surface area (Å²) in [6.45, 7) is 1.10. The molecule has 0 aliphatic rings. The quantitative estimate of drug-likeness (QED) is 0.395. The summed E-state index contributed by atoms with van der Waals surface area (Å²) in [5.74, 6) is -0.474. The number of sulfonamides is 1. The Labute approximate surface area is 226 Å². The second kappa shape index (κ2) is 12.3. The molecule has 0 aliphatic heterocycles. The molecule has 1 atom stereocenters. The molecule has 0 aromatic heterocycles. The summed E-state index contributed by atoms with van der Waals surface area (Å²) in [6, 6.07) is 17.9. The third-order valence-electron chi connectivity index (χ3n) is 5.72. The van der Waals surface area contributed by atoms with Gasteiger partial charge in [-0.25, -0.2) is 8.42 Å². The first-order chi connectivity index (χ1) is 17.6. The summed E-state index contributed by atoms with van der Waals surface area (Å²) in [5.41, 5.74) is 0.970. The lowest BCUT2D eigenvalue weighted by Crippen LogP contribution is -2.50. The number of methoxy groups -OCH3 is 1. The summed E-state index contributed by atoms with van der Waals surface area (Å²) >= 11 is 12.0. The molecule has 196 valence electrons. The zero-order valence-electron chi connectivity index (χ0n) is 20.5. The van der Waals surface area contributed by atoms with Gasteiger partial charge in [0.05, 0.1) is 17.7 Å². The van der Waals surface area contributed by atoms with Crippen molar-refractivity contribution in [2.75, 3.05) is 25.0 Å². The van der Waals surface area contributed by atoms with E-state index in [2.05, 4.69) is 5.32 Å². The first-order valence-corrected chi connectivity index (χ1v) is 13.4. The number of amides is 2. The van der Waals surface area contributed by atoms with E-state index in [-0.39, 0.29) is 17.1 Å². The van der Waals surface area contributed by atoms with Crippen LogP contribution in [0.25, 0.3) is 0 Å². The number of likely N-dealkylation sites (N-methyl/N-ethyl adjacent to an activating group) is 1. The fourth-order valence-corrected chi connectivity index (χ4v) is 5.26. The molecular weight excluding hydrogens is 537 g/mol. The van der Waals surface area contributed by atoms with Crippen molar-refractivity contribution < 1.29 is 22.7 Å². The van der Waals surface area contributed by atoms with Crippen molar-refractivity contribution in [1.29, 1.82) is 0 Å². The minimum atomic E-state index is -4.18. The highest BCUT2D eigenvalue weighted by Gasteiger charge is 2.32. The Hall–Kier alpha value is -3.27. The van der Waals surface area contributed by atoms with E-state index in [0.717, 1.165) is 9.87 Å². The van der Waals surface area contributed by atoms with E-state index in [0.29, 0.717) is 15.8 Å². The van der Waals surface area contributed by atoms with E-state index in [1.54, 1.807) is 31.2 Å². The van der Waals surface area contributed by atoms with Gasteiger partial charge in [0.25, 0.3) is 10.0 Å². The molecule has 1 N–H and O–H groups in total. The highest BCUT2D eigenvalue weighted by Crippen LogP contribution is 2.27. The smallest absolute Gasteiger partial charge is 0.264 e. The number of carbonyl (C=O) groups excluding carboxylic acids is 2. The lowest BCUT2D eigenvalue weighted by molar-refractivity contribution is -0.139. The van der Waals surface area contributed by atoms with Crippen LogP contribution in [0.2, 0.25) is 10.0 Å². The van der Waals surface area contributed by atoms with E-state index >= 15 is 0 Å². The van der Waals surface area contributed by atoms with Crippen molar-refractivity contribution in [3.05, 3.63) is 88.4 Å². The minimum absolute atomic E-state index is 0.0281. The first-order valence-electron chi connectivity index (χ1n) is 11.2. The highest BCUT2D eigenvalue weighted by molar-refractivity contribution is 7.92. The Balaban J connectivity index is 2.01. The third kappa shape index (κ3) is 6.94. The minimum Gasteiger partial charge on any atom is -0.497 e. The van der Waals surface area contributed by atoms with Crippen LogP contribution in [0.15, 0.2) is 77.7 Å². The molecule has 0 radical (unpaired) electrons. The predicted molar refractivity (Wildman–Crippen MR) is 145 cm³/mol. The number of rotatable bonds is 10. The number of anilines is 1. The molecule has 0 bridgehead atoms. The second-order valence-corrected chi connectivity index (χ2v) is 10.8. The van der Waals surface area contributed by atoms with Crippen molar-refractivity contribution in [3.8, 4) is 5.75 Å². The van der Waals surface area contributed by atoms with E-state index < -0.39 is 34.4 Å². The Morgan fingerprint density at radius 3 is 1.97 bits per heavy atom. The summed E-state index contributed by atoms with van der Waals surface area (Å²) in [5, 5.41) is 3.48. The van der Waals surface area contributed by atoms with Crippen molar-refractivity contribution in [2.45, 2.75) is 24.4 Å². The third-order valence-corrected chi connectivity index (χ3v) is 8.01. The molecule has 0 aliphatic carbocycles. The largest absolute Gasteiger partial charge is 0.497 e. The van der Waals surface area contributed by atoms with Crippen molar-refractivity contribution in [2.24, 2.45) is 0 Å². The Bertz CT molecular complexity index is 1330. The Kier molecular flexibility index (Phi) is 9.42. The van der Waals surface area contributed by atoms with Gasteiger partial charge in [-0.15, -0.1) is 0 Å². The second-order valence-electron chi connectivity index (χ2n) is 8.10. The summed E-state index contributed by atoms with van der Waals surface area (Å²) in [4.78, 5) is 27.5. The van der Waals surface area contributed by atoms with Gasteiger partial charge in [-0.2, -0.15) is 0 Å². The lowest BCUT2D eigenvalue weighted by Gasteiger charge is -2.31. The molecule has 0 saturated carbocycles. The van der Waals surface area contributed by atoms with Crippen LogP contribution in [-0.2, 0) is 26.2 Å². The number of hydrogen-bond acceptors (Lipinski definition) is 5. The monoisotopic (exact) mass is 563 g/mol. The van der Waals surface area contributed by atoms with Gasteiger partial charge in [-0.05, 0) is 73.2 Å². The standard InChI is InChI=1S/C26H27Cl2N3O5S/c1-18(26(33)29-2)30(16-19-4-6-20(27)7-5-19)25(32)17-31(22-10-8-21(28)9-11-22)37(34,35)24-14-12-23(36-3)13-15-24/h4-15,18H,16-17H2,1-3H3,(H,29,33). The molecule has 0 spiro atoms. The van der Waals surface area contributed by atoms with Crippen molar-refractivity contribution >= 4 is 50.7 Å². The fourth-order valence-electron chi connectivity index (χ4n) is 3.59. The van der Waals surface area contributed by atoms with Crippen LogP contribution in [-0.4, -0.2) is 51.9 Å². The molecule has 3 aromatic carbocycles. The number of carbonyl (C=O) groups is 2. The van der Waals surface area contributed by atoms with Crippen LogP contribution in [0.4, 0.5) is 5.69 Å². The topological polar surface area (TPSA) is 96.0 Å². The first kappa shape index (κ1) is 28.3. The molecule has 3 aromatic rings. The molecule has 3 rings (SSSR count). The number of halogens is 2. The van der Waals surface area contributed by atoms with Crippen LogP contribution in [0, 0.1) is 0 Å². The van der Waals surface area contributed by atoms with Crippen LogP contribution in [0.5, 0.6) is 5.75 Å². The molecular formula is C26H27Cl2N3O5S. The zero-order chi connectivity index (χ0) is 27.2. The molecule has 0 heterocycles. The van der Waals surface area contributed by atoms with E-state index in [9.17, 15) is 18.0 Å². The van der Waals surface area contributed by atoms with Crippen molar-refractivity contribution in [1.82, 2.24) is 10.2 Å². The van der Waals surface area contributed by atoms with E-state index in [1.165, 1.54) is 67.6 Å². The highest BCUT2D eigenvalue weighted by atomic mass is 35.5. The number of nitrogens with zero attached hydrogens (tertiary/aromatic N) is 2. The summed E-state index contributed by atoms with van der Waals surface area (Å²) < 4.78 is 33.6. The van der Waals surface area contributed by atoms with Gasteiger partial charge >= 0.3 is 0 Å². The van der Waals surface area contributed by atoms with Crippen LogP contribution in [0.1, 0.15) is 12.5 Å². The average molecular weight is 564 g/mol. The van der Waals surface area contributed by atoms with E-state index in [1.807, 2.05) is 0 Å². The molecule has 8 nitrogen and oxygen atoms in total. The Morgan fingerprint density at radius 1 is 0.919 bits per heavy atom. The Morgan fingerprint density at radius 2 is 1.46 bits per heavy atom. The summed E-state index contributed by atoms with van der Waals surface area (Å²) in [6.07, 6.45) is 0. The molecule has 37 heavy (non-hydrogen) atoms. The number of benzene rings is 3. The van der Waals surface area contributed by atoms with Gasteiger partial charge in [0, 0.05) is 23.6 Å². The van der Waals surface area contributed by atoms with Crippen molar-refractivity contribution in [3.63, 3.8) is 0 Å². The van der Waals surface area contributed by atoms with Crippen LogP contribution >= 0.6 is 23.2 Å². The maximum absolute atomic E-state index is 13.7. The molecule has 11 heteroatoms. The van der Waals surface area contributed by atoms with Gasteiger partial charge in [0.1, 0.15) is 18.3 Å². The molecule has 2 amide bonds. The van der Waals surface area contributed by atoms with Gasteiger partial charge in [-0.1, -0.05) is 35.3 Å². The normalized spacial score (nSPS) is 11.9. The maximum Gasteiger partial charge on any atom is 0.264 e. The fraction of sp³-hybridized carbons (Fsp3) is 0.231. The number of hydrogen-bond donors (Lipinski definition) is 1. The number of ether oxygens (including phenoxy) is 1. The van der Waals surface area contributed by atoms with Gasteiger partial charge < -0.3 is 15.0 Å². The lowest BCUT2D eigenvalue weighted by atomic mass is 10.1. The average Bonchev–Trinajstić information content (AvgIpc) is 2.91.